The molecule has 1 N–H and O–H groups in total. The van der Waals surface area contributed by atoms with Gasteiger partial charge in [-0.25, -0.2) is 18.4 Å². The van der Waals surface area contributed by atoms with Crippen LogP contribution in [0.4, 0.5) is 5.82 Å². The molecule has 1 aliphatic rings. The summed E-state index contributed by atoms with van der Waals surface area (Å²) in [6.45, 7) is 0.440. The van der Waals surface area contributed by atoms with Gasteiger partial charge in [-0.2, -0.15) is 0 Å². The fourth-order valence-corrected chi connectivity index (χ4v) is 4.00. The van der Waals surface area contributed by atoms with Gasteiger partial charge in [0.1, 0.15) is 12.1 Å². The van der Waals surface area contributed by atoms with Gasteiger partial charge in [0.25, 0.3) is 0 Å². The van der Waals surface area contributed by atoms with Crippen molar-refractivity contribution in [3.05, 3.63) is 16.1 Å². The van der Waals surface area contributed by atoms with Crippen LogP contribution in [0, 0.1) is 3.57 Å². The predicted molar refractivity (Wildman–Crippen MR) is 70.0 cm³/mol. The number of rotatable bonds is 3. The quantitative estimate of drug-likeness (QED) is 0.824. The highest BCUT2D eigenvalue weighted by molar-refractivity contribution is 14.1. The first-order chi connectivity index (χ1) is 7.59. The van der Waals surface area contributed by atoms with E-state index in [-0.39, 0.29) is 5.25 Å². The van der Waals surface area contributed by atoms with Crippen molar-refractivity contribution in [3.8, 4) is 0 Å². The molecule has 0 saturated carbocycles. The maximum Gasteiger partial charge on any atom is 0.154 e. The van der Waals surface area contributed by atoms with Crippen LogP contribution < -0.4 is 5.32 Å². The first-order valence-electron chi connectivity index (χ1n) is 5.00. The molecule has 0 amide bonds. The molecule has 7 heteroatoms. The van der Waals surface area contributed by atoms with Crippen molar-refractivity contribution in [1.29, 1.82) is 0 Å². The largest absolute Gasteiger partial charge is 0.368 e. The Hall–Kier alpha value is -0.440. The van der Waals surface area contributed by atoms with Gasteiger partial charge in [-0.1, -0.05) is 0 Å². The van der Waals surface area contributed by atoms with E-state index in [4.69, 9.17) is 0 Å². The molecule has 2 rings (SSSR count). The van der Waals surface area contributed by atoms with E-state index in [9.17, 15) is 8.42 Å². The molecule has 1 aromatic heterocycles. The van der Waals surface area contributed by atoms with Gasteiger partial charge >= 0.3 is 0 Å². The lowest BCUT2D eigenvalue weighted by Crippen LogP contribution is -2.25. The van der Waals surface area contributed by atoms with Gasteiger partial charge in [0.2, 0.25) is 0 Å². The molecular formula is C9H12IN3O2S. The van der Waals surface area contributed by atoms with Crippen LogP contribution in [0.25, 0.3) is 0 Å². The lowest BCUT2D eigenvalue weighted by molar-refractivity contribution is 0.591. The van der Waals surface area contributed by atoms with Crippen molar-refractivity contribution >= 4 is 38.2 Å². The molecule has 1 aromatic rings. The number of nitrogens with one attached hydrogen (secondary N) is 1. The number of hydrogen-bond acceptors (Lipinski definition) is 5. The molecule has 0 aromatic carbocycles. The van der Waals surface area contributed by atoms with Crippen molar-refractivity contribution in [1.82, 2.24) is 9.97 Å². The van der Waals surface area contributed by atoms with Crippen molar-refractivity contribution < 1.29 is 8.42 Å². The average molecular weight is 353 g/mol. The SMILES string of the molecule is O=S1(=O)CCCC1CNc1ncncc1I. The van der Waals surface area contributed by atoms with E-state index in [0.29, 0.717) is 18.1 Å². The fraction of sp³-hybridized carbons (Fsp3) is 0.556. The van der Waals surface area contributed by atoms with E-state index < -0.39 is 9.84 Å². The molecule has 0 aliphatic carbocycles. The highest BCUT2D eigenvalue weighted by Gasteiger charge is 2.30. The highest BCUT2D eigenvalue weighted by atomic mass is 127. The molecule has 0 bridgehead atoms. The number of halogens is 1. The smallest absolute Gasteiger partial charge is 0.154 e. The zero-order chi connectivity index (χ0) is 11.6. The molecule has 5 nitrogen and oxygen atoms in total. The maximum absolute atomic E-state index is 11.6. The summed E-state index contributed by atoms with van der Waals surface area (Å²) in [7, 11) is -2.88. The fourth-order valence-electron chi connectivity index (χ4n) is 1.74. The Kier molecular flexibility index (Phi) is 3.63. The number of anilines is 1. The summed E-state index contributed by atoms with van der Waals surface area (Å²) in [4.78, 5) is 7.94. The van der Waals surface area contributed by atoms with Crippen LogP contribution in [0.15, 0.2) is 12.5 Å². The van der Waals surface area contributed by atoms with Gasteiger partial charge in [0, 0.05) is 12.7 Å². The van der Waals surface area contributed by atoms with Crippen LogP contribution in [-0.4, -0.2) is 35.9 Å². The second kappa shape index (κ2) is 4.82. The second-order valence-corrected chi connectivity index (χ2v) is 7.29. The van der Waals surface area contributed by atoms with Gasteiger partial charge in [0.15, 0.2) is 9.84 Å². The first kappa shape index (κ1) is 12.0. The van der Waals surface area contributed by atoms with Gasteiger partial charge < -0.3 is 5.32 Å². The molecular weight excluding hydrogens is 341 g/mol. The summed E-state index contributed by atoms with van der Waals surface area (Å²) in [6, 6.07) is 0. The summed E-state index contributed by atoms with van der Waals surface area (Å²) in [5, 5.41) is 2.81. The predicted octanol–water partition coefficient (Wildman–Crippen LogP) is 1.07. The average Bonchev–Trinajstić information content (AvgIpc) is 2.57. The minimum Gasteiger partial charge on any atom is -0.368 e. The van der Waals surface area contributed by atoms with Crippen LogP contribution in [0.1, 0.15) is 12.8 Å². The molecule has 1 unspecified atom stereocenters. The van der Waals surface area contributed by atoms with Crippen LogP contribution in [0.3, 0.4) is 0 Å². The number of sulfone groups is 1. The van der Waals surface area contributed by atoms with Crippen LogP contribution in [0.2, 0.25) is 0 Å². The highest BCUT2D eigenvalue weighted by Crippen LogP contribution is 2.21. The second-order valence-electron chi connectivity index (χ2n) is 3.73. The van der Waals surface area contributed by atoms with E-state index in [1.165, 1.54) is 6.33 Å². The monoisotopic (exact) mass is 353 g/mol. The third-order valence-electron chi connectivity index (χ3n) is 2.63. The molecule has 1 fully saturated rings. The van der Waals surface area contributed by atoms with Crippen molar-refractivity contribution in [3.63, 3.8) is 0 Å². The Morgan fingerprint density at radius 2 is 2.38 bits per heavy atom. The maximum atomic E-state index is 11.6. The van der Waals surface area contributed by atoms with Crippen LogP contribution in [0.5, 0.6) is 0 Å². The van der Waals surface area contributed by atoms with Crippen molar-refractivity contribution in [2.24, 2.45) is 0 Å². The molecule has 1 atom stereocenters. The van der Waals surface area contributed by atoms with Gasteiger partial charge in [-0.15, -0.1) is 0 Å². The molecule has 1 saturated heterocycles. The Morgan fingerprint density at radius 3 is 3.00 bits per heavy atom. The summed E-state index contributed by atoms with van der Waals surface area (Å²) in [5.74, 6) is 1.03. The molecule has 88 valence electrons. The Labute approximate surface area is 108 Å². The van der Waals surface area contributed by atoms with Gasteiger partial charge in [-0.05, 0) is 35.4 Å². The molecule has 16 heavy (non-hydrogen) atoms. The van der Waals surface area contributed by atoms with Gasteiger partial charge in [-0.3, -0.25) is 0 Å². The third-order valence-corrected chi connectivity index (χ3v) is 5.69. The van der Waals surface area contributed by atoms with Crippen molar-refractivity contribution in [2.75, 3.05) is 17.6 Å². The standard InChI is InChI=1S/C9H12IN3O2S/c10-8-5-11-6-13-9(8)12-4-7-2-1-3-16(7,14)15/h5-7H,1-4H2,(H,11,12,13). The lowest BCUT2D eigenvalue weighted by atomic mass is 10.2. The minimum atomic E-state index is -2.88. The zero-order valence-corrected chi connectivity index (χ0v) is 11.5. The summed E-state index contributed by atoms with van der Waals surface area (Å²) >= 11 is 2.12. The van der Waals surface area contributed by atoms with Gasteiger partial charge in [0.05, 0.1) is 14.6 Å². The first-order valence-corrected chi connectivity index (χ1v) is 7.80. The number of aromatic nitrogens is 2. The van der Waals surface area contributed by atoms with E-state index >= 15 is 0 Å². The van der Waals surface area contributed by atoms with Crippen molar-refractivity contribution in [2.45, 2.75) is 18.1 Å². The molecule has 2 heterocycles. The van der Waals surface area contributed by atoms with E-state index in [1.807, 2.05) is 0 Å². The third kappa shape index (κ3) is 2.62. The van der Waals surface area contributed by atoms with Crippen LogP contribution >= 0.6 is 22.6 Å². The van der Waals surface area contributed by atoms with Crippen LogP contribution in [-0.2, 0) is 9.84 Å². The van der Waals surface area contributed by atoms with E-state index in [2.05, 4.69) is 37.9 Å². The molecule has 0 spiro atoms. The minimum absolute atomic E-state index is 0.265. The Bertz CT molecular complexity index is 477. The topological polar surface area (TPSA) is 72.0 Å². The van der Waals surface area contributed by atoms with E-state index in [0.717, 1.165) is 16.4 Å². The summed E-state index contributed by atoms with van der Waals surface area (Å²) in [5.41, 5.74) is 0. The molecule has 1 aliphatic heterocycles. The molecule has 0 radical (unpaired) electrons. The van der Waals surface area contributed by atoms with E-state index in [1.54, 1.807) is 6.20 Å². The lowest BCUT2D eigenvalue weighted by Gasteiger charge is -2.11. The number of nitrogens with zero attached hydrogens (tertiary/aromatic N) is 2. The summed E-state index contributed by atoms with van der Waals surface area (Å²) in [6.07, 6.45) is 4.67. The number of hydrogen-bond donors (Lipinski definition) is 1. The summed E-state index contributed by atoms with van der Waals surface area (Å²) < 4.78 is 24.1. The zero-order valence-electron chi connectivity index (χ0n) is 8.56. The Morgan fingerprint density at radius 1 is 1.56 bits per heavy atom. The normalized spacial score (nSPS) is 23.2. The Balaban J connectivity index is 2.01.